The fraction of sp³-hybridized carbons (Fsp3) is 0.444. The van der Waals surface area contributed by atoms with Crippen molar-refractivity contribution in [2.45, 2.75) is 43.7 Å². The summed E-state index contributed by atoms with van der Waals surface area (Å²) in [5.41, 5.74) is 0.611. The number of nitrogens with one attached hydrogen (secondary N) is 1. The summed E-state index contributed by atoms with van der Waals surface area (Å²) in [4.78, 5) is 16.4. The molecule has 1 heterocycles. The quantitative estimate of drug-likeness (QED) is 0.923. The van der Waals surface area contributed by atoms with E-state index in [1.54, 1.807) is 12.1 Å². The molecule has 1 saturated carbocycles. The van der Waals surface area contributed by atoms with Gasteiger partial charge in [0, 0.05) is 11.4 Å². The van der Waals surface area contributed by atoms with Gasteiger partial charge in [0.25, 0.3) is 0 Å². The van der Waals surface area contributed by atoms with Gasteiger partial charge in [0.1, 0.15) is 5.75 Å². The number of amides is 1. The van der Waals surface area contributed by atoms with Crippen molar-refractivity contribution in [3.8, 4) is 0 Å². The summed E-state index contributed by atoms with van der Waals surface area (Å²) in [7, 11) is -3.74. The van der Waals surface area contributed by atoms with Gasteiger partial charge in [-0.05, 0) is 37.0 Å². The fourth-order valence-corrected chi connectivity index (χ4v) is 4.34. The van der Waals surface area contributed by atoms with Gasteiger partial charge in [-0.3, -0.25) is 4.79 Å². The van der Waals surface area contributed by atoms with Crippen molar-refractivity contribution in [1.82, 2.24) is 10.3 Å². The summed E-state index contributed by atoms with van der Waals surface area (Å²) < 4.78 is 25.0. The van der Waals surface area contributed by atoms with Gasteiger partial charge in [-0.1, -0.05) is 38.0 Å². The van der Waals surface area contributed by atoms with E-state index in [0.29, 0.717) is 11.4 Å². The molecule has 5 nitrogen and oxygen atoms in total. The number of para-hydroxylation sites is 1. The predicted octanol–water partition coefficient (Wildman–Crippen LogP) is 2.70. The van der Waals surface area contributed by atoms with Crippen LogP contribution in [0.15, 0.2) is 41.4 Å². The van der Waals surface area contributed by atoms with Gasteiger partial charge in [0.15, 0.2) is 5.03 Å². The van der Waals surface area contributed by atoms with Gasteiger partial charge in [-0.2, -0.15) is 0 Å². The minimum absolute atomic E-state index is 0.0481. The topological polar surface area (TPSA) is 76.1 Å². The van der Waals surface area contributed by atoms with Crippen molar-refractivity contribution in [3.05, 3.63) is 36.4 Å². The first-order valence-electron chi connectivity index (χ1n) is 8.33. The molecule has 1 fully saturated rings. The molecule has 128 valence electrons. The second-order valence-electron chi connectivity index (χ2n) is 6.54. The Balaban J connectivity index is 1.73. The van der Waals surface area contributed by atoms with Crippen LogP contribution in [-0.2, 0) is 14.6 Å². The largest absolute Gasteiger partial charge is 0.352 e. The lowest BCUT2D eigenvalue weighted by atomic mass is 9.86. The van der Waals surface area contributed by atoms with Crippen LogP contribution in [0, 0.1) is 5.92 Å². The highest BCUT2D eigenvalue weighted by molar-refractivity contribution is 7.92. The average Bonchev–Trinajstić information content (AvgIpc) is 2.56. The monoisotopic (exact) mass is 346 g/mol. The van der Waals surface area contributed by atoms with E-state index < -0.39 is 21.5 Å². The molecule has 2 atom stereocenters. The van der Waals surface area contributed by atoms with E-state index in [2.05, 4.69) is 17.2 Å². The number of pyridine rings is 1. The third kappa shape index (κ3) is 3.75. The molecule has 3 rings (SSSR count). The zero-order chi connectivity index (χ0) is 17.2. The van der Waals surface area contributed by atoms with E-state index in [-0.39, 0.29) is 11.1 Å². The number of carbonyl (C=O) groups excluding carboxylic acids is 1. The Kier molecular flexibility index (Phi) is 4.85. The zero-order valence-corrected chi connectivity index (χ0v) is 14.6. The second kappa shape index (κ2) is 6.89. The van der Waals surface area contributed by atoms with Crippen molar-refractivity contribution < 1.29 is 13.2 Å². The minimum atomic E-state index is -3.74. The third-order valence-electron chi connectivity index (χ3n) is 4.67. The molecule has 1 aromatic carbocycles. The lowest BCUT2D eigenvalue weighted by molar-refractivity contribution is -0.119. The van der Waals surface area contributed by atoms with Crippen LogP contribution in [0.2, 0.25) is 0 Å². The molecule has 1 amide bonds. The summed E-state index contributed by atoms with van der Waals surface area (Å²) in [6.07, 6.45) is 4.24. The van der Waals surface area contributed by atoms with E-state index in [1.807, 2.05) is 18.2 Å². The highest BCUT2D eigenvalue weighted by Crippen LogP contribution is 2.24. The molecule has 0 aliphatic heterocycles. The summed E-state index contributed by atoms with van der Waals surface area (Å²) in [6, 6.07) is 10.6. The Labute approximate surface area is 142 Å². The van der Waals surface area contributed by atoms with Gasteiger partial charge in [-0.15, -0.1) is 0 Å². The van der Waals surface area contributed by atoms with E-state index in [0.717, 1.165) is 24.6 Å². The van der Waals surface area contributed by atoms with Gasteiger partial charge in [-0.25, -0.2) is 13.4 Å². The van der Waals surface area contributed by atoms with Crippen LogP contribution in [-0.4, -0.2) is 31.1 Å². The maximum Gasteiger partial charge on any atom is 0.235 e. The van der Waals surface area contributed by atoms with Crippen molar-refractivity contribution in [2.75, 3.05) is 5.75 Å². The van der Waals surface area contributed by atoms with Crippen molar-refractivity contribution in [3.63, 3.8) is 0 Å². The van der Waals surface area contributed by atoms with E-state index in [9.17, 15) is 13.2 Å². The van der Waals surface area contributed by atoms with E-state index in [4.69, 9.17) is 0 Å². The maximum atomic E-state index is 12.5. The normalized spacial score (nSPS) is 21.5. The Hall–Kier alpha value is -1.95. The SMILES string of the molecule is C[C@@H]1CCCC[C@@H]1NC(=O)CS(=O)(=O)c1ccc2ccccc2n1. The number of carbonyl (C=O) groups is 1. The molecule has 1 N–H and O–H groups in total. The number of rotatable bonds is 4. The Morgan fingerprint density at radius 2 is 1.92 bits per heavy atom. The molecule has 0 saturated heterocycles. The summed E-state index contributed by atoms with van der Waals surface area (Å²) in [5.74, 6) is -0.602. The number of hydrogen-bond donors (Lipinski definition) is 1. The molecular formula is C18H22N2O3S. The molecule has 0 radical (unpaired) electrons. The smallest absolute Gasteiger partial charge is 0.235 e. The van der Waals surface area contributed by atoms with Gasteiger partial charge in [0.2, 0.25) is 15.7 Å². The number of aromatic nitrogens is 1. The molecule has 1 aliphatic carbocycles. The first kappa shape index (κ1) is 16.9. The lowest BCUT2D eigenvalue weighted by Gasteiger charge is -2.29. The molecule has 1 aliphatic rings. The van der Waals surface area contributed by atoms with Crippen LogP contribution in [0.4, 0.5) is 0 Å². The van der Waals surface area contributed by atoms with Crippen molar-refractivity contribution in [2.24, 2.45) is 5.92 Å². The van der Waals surface area contributed by atoms with E-state index >= 15 is 0 Å². The van der Waals surface area contributed by atoms with Crippen LogP contribution in [0.3, 0.4) is 0 Å². The maximum absolute atomic E-state index is 12.5. The number of hydrogen-bond acceptors (Lipinski definition) is 4. The number of sulfone groups is 1. The zero-order valence-electron chi connectivity index (χ0n) is 13.7. The van der Waals surface area contributed by atoms with Gasteiger partial charge in [0.05, 0.1) is 5.52 Å². The first-order valence-corrected chi connectivity index (χ1v) is 9.99. The number of fused-ring (bicyclic) bond motifs is 1. The second-order valence-corrected chi connectivity index (χ2v) is 8.47. The average molecular weight is 346 g/mol. The number of benzene rings is 1. The van der Waals surface area contributed by atoms with Crippen molar-refractivity contribution in [1.29, 1.82) is 0 Å². The highest BCUT2D eigenvalue weighted by Gasteiger charge is 2.26. The molecule has 1 aromatic heterocycles. The lowest BCUT2D eigenvalue weighted by Crippen LogP contribution is -2.43. The molecule has 0 spiro atoms. The predicted molar refractivity (Wildman–Crippen MR) is 93.4 cm³/mol. The third-order valence-corrected chi connectivity index (χ3v) is 6.18. The Morgan fingerprint density at radius 3 is 2.71 bits per heavy atom. The van der Waals surface area contributed by atoms with Gasteiger partial charge < -0.3 is 5.32 Å². The Morgan fingerprint density at radius 1 is 1.17 bits per heavy atom. The van der Waals surface area contributed by atoms with Crippen LogP contribution in [0.25, 0.3) is 10.9 Å². The standard InChI is InChI=1S/C18H22N2O3S/c1-13-6-2-4-8-15(13)19-17(21)12-24(22,23)18-11-10-14-7-3-5-9-16(14)20-18/h3,5,7,9-11,13,15H,2,4,6,8,12H2,1H3,(H,19,21)/t13-,15+/m1/s1. The Bertz CT molecular complexity index is 848. The van der Waals surface area contributed by atoms with Crippen LogP contribution >= 0.6 is 0 Å². The first-order chi connectivity index (χ1) is 11.5. The molecule has 6 heteroatoms. The molecule has 0 unspecified atom stereocenters. The summed E-state index contributed by atoms with van der Waals surface area (Å²) >= 11 is 0. The van der Waals surface area contributed by atoms with Crippen LogP contribution in [0.5, 0.6) is 0 Å². The summed E-state index contributed by atoms with van der Waals surface area (Å²) in [6.45, 7) is 2.10. The van der Waals surface area contributed by atoms with E-state index in [1.165, 1.54) is 12.5 Å². The molecule has 2 aromatic rings. The van der Waals surface area contributed by atoms with Crippen LogP contribution < -0.4 is 5.32 Å². The highest BCUT2D eigenvalue weighted by atomic mass is 32.2. The number of nitrogens with zero attached hydrogens (tertiary/aromatic N) is 1. The molecule has 0 bridgehead atoms. The van der Waals surface area contributed by atoms with Crippen molar-refractivity contribution >= 4 is 26.6 Å². The van der Waals surface area contributed by atoms with Crippen LogP contribution in [0.1, 0.15) is 32.6 Å². The van der Waals surface area contributed by atoms with Gasteiger partial charge >= 0.3 is 0 Å². The summed E-state index contributed by atoms with van der Waals surface area (Å²) in [5, 5.41) is 3.71. The molecule has 24 heavy (non-hydrogen) atoms. The molecular weight excluding hydrogens is 324 g/mol. The fourth-order valence-electron chi connectivity index (χ4n) is 3.25. The minimum Gasteiger partial charge on any atom is -0.352 e.